The lowest BCUT2D eigenvalue weighted by Gasteiger charge is -2.07. The molecule has 0 saturated carbocycles. The topological polar surface area (TPSA) is 0 Å². The predicted molar refractivity (Wildman–Crippen MR) is 103 cm³/mol. The van der Waals surface area contributed by atoms with Crippen LogP contribution in [0, 0.1) is 7.14 Å². The van der Waals surface area contributed by atoms with Gasteiger partial charge in [-0.05, 0) is 91.7 Å². The van der Waals surface area contributed by atoms with E-state index >= 15 is 0 Å². The Labute approximate surface area is 146 Å². The average molecular weight is 482 g/mol. The molecule has 0 atom stereocenters. The summed E-state index contributed by atoms with van der Waals surface area (Å²) >= 11 is 4.75. The smallest absolute Gasteiger partial charge is 0.0147 e. The standard InChI is InChI=1S/C18H12I2/c19-17-10-16(11-18(20)12-17)15-8-4-7-14(9-15)13-5-2-1-3-6-13/h1-12H. The molecule has 20 heavy (non-hydrogen) atoms. The summed E-state index contributed by atoms with van der Waals surface area (Å²) in [4.78, 5) is 0. The van der Waals surface area contributed by atoms with Crippen molar-refractivity contribution in [3.05, 3.63) is 79.9 Å². The molecule has 0 aliphatic rings. The molecule has 0 radical (unpaired) electrons. The maximum atomic E-state index is 2.37. The van der Waals surface area contributed by atoms with Crippen molar-refractivity contribution in [3.63, 3.8) is 0 Å². The number of halogens is 2. The number of benzene rings is 3. The molecule has 2 heteroatoms. The molecule has 0 aromatic heterocycles. The summed E-state index contributed by atoms with van der Waals surface area (Å²) in [7, 11) is 0. The molecule has 98 valence electrons. The summed E-state index contributed by atoms with van der Waals surface area (Å²) < 4.78 is 2.55. The molecule has 3 rings (SSSR count). The first-order valence-electron chi connectivity index (χ1n) is 6.34. The second-order valence-electron chi connectivity index (χ2n) is 4.60. The van der Waals surface area contributed by atoms with Crippen LogP contribution in [0.4, 0.5) is 0 Å². The number of hydrogen-bond acceptors (Lipinski definition) is 0. The monoisotopic (exact) mass is 482 g/mol. The van der Waals surface area contributed by atoms with E-state index in [1.54, 1.807) is 0 Å². The van der Waals surface area contributed by atoms with Crippen LogP contribution in [0.25, 0.3) is 22.3 Å². The lowest BCUT2D eigenvalue weighted by molar-refractivity contribution is 1.55. The Morgan fingerprint density at radius 2 is 1.00 bits per heavy atom. The van der Waals surface area contributed by atoms with Crippen molar-refractivity contribution in [1.82, 2.24) is 0 Å². The zero-order valence-electron chi connectivity index (χ0n) is 10.7. The summed E-state index contributed by atoms with van der Waals surface area (Å²) in [6.45, 7) is 0. The third-order valence-electron chi connectivity index (χ3n) is 3.17. The molecule has 0 heterocycles. The van der Waals surface area contributed by atoms with E-state index in [0.717, 1.165) is 0 Å². The Morgan fingerprint density at radius 1 is 0.450 bits per heavy atom. The quantitative estimate of drug-likeness (QED) is 0.380. The maximum Gasteiger partial charge on any atom is 0.0147 e. The fourth-order valence-electron chi connectivity index (χ4n) is 2.23. The molecule has 0 nitrogen and oxygen atoms in total. The molecule has 0 aliphatic heterocycles. The van der Waals surface area contributed by atoms with Crippen molar-refractivity contribution >= 4 is 45.2 Å². The van der Waals surface area contributed by atoms with Crippen LogP contribution in [0.15, 0.2) is 72.8 Å². The maximum absolute atomic E-state index is 2.37. The minimum Gasteiger partial charge on any atom is -0.0622 e. The fraction of sp³-hybridized carbons (Fsp3) is 0. The van der Waals surface area contributed by atoms with E-state index in [2.05, 4.69) is 118 Å². The fourth-order valence-corrected chi connectivity index (χ4v) is 4.17. The number of rotatable bonds is 2. The molecular weight excluding hydrogens is 470 g/mol. The van der Waals surface area contributed by atoms with Crippen molar-refractivity contribution in [1.29, 1.82) is 0 Å². The molecule has 3 aromatic rings. The number of hydrogen-bond donors (Lipinski definition) is 0. The molecular formula is C18H12I2. The first-order valence-corrected chi connectivity index (χ1v) is 8.50. The van der Waals surface area contributed by atoms with Gasteiger partial charge in [0, 0.05) is 7.14 Å². The Hall–Kier alpha value is -0.880. The van der Waals surface area contributed by atoms with Crippen LogP contribution in [0.3, 0.4) is 0 Å². The lowest BCUT2D eigenvalue weighted by Crippen LogP contribution is -1.84. The van der Waals surface area contributed by atoms with Crippen LogP contribution >= 0.6 is 45.2 Å². The van der Waals surface area contributed by atoms with E-state index in [0.29, 0.717) is 0 Å². The van der Waals surface area contributed by atoms with E-state index in [1.807, 2.05) is 0 Å². The van der Waals surface area contributed by atoms with Crippen molar-refractivity contribution in [2.75, 3.05) is 0 Å². The van der Waals surface area contributed by atoms with Gasteiger partial charge in [-0.3, -0.25) is 0 Å². The first-order chi connectivity index (χ1) is 9.72. The lowest BCUT2D eigenvalue weighted by atomic mass is 9.99. The second kappa shape index (κ2) is 6.26. The van der Waals surface area contributed by atoms with Gasteiger partial charge in [0.2, 0.25) is 0 Å². The first kappa shape index (κ1) is 14.1. The minimum absolute atomic E-state index is 1.26. The molecule has 0 aliphatic carbocycles. The molecule has 0 amide bonds. The predicted octanol–water partition coefficient (Wildman–Crippen LogP) is 6.23. The highest BCUT2D eigenvalue weighted by atomic mass is 127. The Balaban J connectivity index is 2.07. The van der Waals surface area contributed by atoms with E-state index in [-0.39, 0.29) is 0 Å². The summed E-state index contributed by atoms with van der Waals surface area (Å²) in [6.07, 6.45) is 0. The Kier molecular flexibility index (Phi) is 4.41. The van der Waals surface area contributed by atoms with Crippen molar-refractivity contribution in [2.24, 2.45) is 0 Å². The SMILES string of the molecule is Ic1cc(I)cc(-c2cccc(-c3ccccc3)c2)c1. The minimum atomic E-state index is 1.26. The van der Waals surface area contributed by atoms with Gasteiger partial charge in [-0.15, -0.1) is 0 Å². The Bertz CT molecular complexity index is 713. The molecule has 0 bridgehead atoms. The highest BCUT2D eigenvalue weighted by Gasteiger charge is 2.03. The summed E-state index contributed by atoms with van der Waals surface area (Å²) in [6, 6.07) is 25.9. The van der Waals surface area contributed by atoms with Gasteiger partial charge in [0.05, 0.1) is 0 Å². The van der Waals surface area contributed by atoms with Crippen LogP contribution in [-0.2, 0) is 0 Å². The van der Waals surface area contributed by atoms with Gasteiger partial charge < -0.3 is 0 Å². The zero-order chi connectivity index (χ0) is 13.9. The summed E-state index contributed by atoms with van der Waals surface area (Å²) in [5.41, 5.74) is 5.06. The Morgan fingerprint density at radius 3 is 1.65 bits per heavy atom. The van der Waals surface area contributed by atoms with Crippen molar-refractivity contribution < 1.29 is 0 Å². The van der Waals surface area contributed by atoms with Gasteiger partial charge in [-0.2, -0.15) is 0 Å². The zero-order valence-corrected chi connectivity index (χ0v) is 15.0. The van der Waals surface area contributed by atoms with Gasteiger partial charge in [-0.25, -0.2) is 0 Å². The van der Waals surface area contributed by atoms with E-state index < -0.39 is 0 Å². The van der Waals surface area contributed by atoms with Crippen LogP contribution in [0.1, 0.15) is 0 Å². The van der Waals surface area contributed by atoms with Gasteiger partial charge in [-0.1, -0.05) is 48.5 Å². The highest BCUT2D eigenvalue weighted by molar-refractivity contribution is 14.1. The van der Waals surface area contributed by atoms with Crippen LogP contribution < -0.4 is 0 Å². The van der Waals surface area contributed by atoms with Gasteiger partial charge >= 0.3 is 0 Å². The molecule has 3 aromatic carbocycles. The molecule has 0 N–H and O–H groups in total. The largest absolute Gasteiger partial charge is 0.0622 e. The third kappa shape index (κ3) is 3.23. The molecule has 0 unspecified atom stereocenters. The van der Waals surface area contributed by atoms with Gasteiger partial charge in [0.15, 0.2) is 0 Å². The average Bonchev–Trinajstić information content (AvgIpc) is 2.47. The van der Waals surface area contributed by atoms with E-state index in [1.165, 1.54) is 29.4 Å². The van der Waals surface area contributed by atoms with Crippen LogP contribution in [0.2, 0.25) is 0 Å². The van der Waals surface area contributed by atoms with Crippen molar-refractivity contribution in [3.8, 4) is 22.3 Å². The summed E-state index contributed by atoms with van der Waals surface area (Å²) in [5, 5.41) is 0. The highest BCUT2D eigenvalue weighted by Crippen LogP contribution is 2.28. The summed E-state index contributed by atoms with van der Waals surface area (Å²) in [5.74, 6) is 0. The van der Waals surface area contributed by atoms with E-state index in [4.69, 9.17) is 0 Å². The van der Waals surface area contributed by atoms with Gasteiger partial charge in [0.1, 0.15) is 0 Å². The second-order valence-corrected chi connectivity index (χ2v) is 7.10. The normalized spacial score (nSPS) is 10.5. The molecule has 0 fully saturated rings. The van der Waals surface area contributed by atoms with E-state index in [9.17, 15) is 0 Å². The van der Waals surface area contributed by atoms with Crippen LogP contribution in [0.5, 0.6) is 0 Å². The third-order valence-corrected chi connectivity index (χ3v) is 4.41. The molecule has 0 saturated heterocycles. The molecule has 0 spiro atoms. The van der Waals surface area contributed by atoms with Gasteiger partial charge in [0.25, 0.3) is 0 Å². The van der Waals surface area contributed by atoms with Crippen LogP contribution in [-0.4, -0.2) is 0 Å². The van der Waals surface area contributed by atoms with Crippen molar-refractivity contribution in [2.45, 2.75) is 0 Å².